The first-order valence-corrected chi connectivity index (χ1v) is 5.59. The summed E-state index contributed by atoms with van der Waals surface area (Å²) in [5.74, 6) is 0. The number of ether oxygens (including phenoxy) is 1. The van der Waals surface area contributed by atoms with Crippen LogP contribution in [0.25, 0.3) is 11.0 Å². The highest BCUT2D eigenvalue weighted by Crippen LogP contribution is 2.19. The number of fused-ring (bicyclic) bond motifs is 1. The molecule has 1 saturated heterocycles. The van der Waals surface area contributed by atoms with Crippen molar-refractivity contribution in [1.29, 1.82) is 5.26 Å². The first-order valence-electron chi connectivity index (χ1n) is 5.59. The van der Waals surface area contributed by atoms with E-state index in [2.05, 4.69) is 16.1 Å². The summed E-state index contributed by atoms with van der Waals surface area (Å²) < 4.78 is 7.29. The molecule has 0 radical (unpaired) electrons. The van der Waals surface area contributed by atoms with Crippen molar-refractivity contribution >= 4 is 11.0 Å². The van der Waals surface area contributed by atoms with Gasteiger partial charge in [0.05, 0.1) is 31.9 Å². The Morgan fingerprint density at radius 1 is 1.35 bits per heavy atom. The number of pyridine rings is 1. The normalized spacial score (nSPS) is 16.1. The van der Waals surface area contributed by atoms with Gasteiger partial charge in [-0.3, -0.25) is 0 Å². The summed E-state index contributed by atoms with van der Waals surface area (Å²) in [6.45, 7) is 3.08. The number of hydrogen-bond acceptors (Lipinski definition) is 4. The van der Waals surface area contributed by atoms with E-state index in [1.165, 1.54) is 0 Å². The van der Waals surface area contributed by atoms with Crippen LogP contribution in [0.2, 0.25) is 0 Å². The zero-order valence-corrected chi connectivity index (χ0v) is 9.33. The molecule has 5 heteroatoms. The Balaban J connectivity index is 2.13. The van der Waals surface area contributed by atoms with Crippen molar-refractivity contribution in [3.8, 4) is 6.07 Å². The molecule has 0 atom stereocenters. The minimum absolute atomic E-state index is 0.666. The van der Waals surface area contributed by atoms with Crippen molar-refractivity contribution in [3.05, 3.63) is 30.1 Å². The van der Waals surface area contributed by atoms with E-state index in [1.807, 2.05) is 23.0 Å². The van der Waals surface area contributed by atoms with E-state index in [-0.39, 0.29) is 0 Å². The first kappa shape index (κ1) is 10.1. The second-order valence-corrected chi connectivity index (χ2v) is 3.94. The van der Waals surface area contributed by atoms with E-state index >= 15 is 0 Å². The second-order valence-electron chi connectivity index (χ2n) is 3.94. The topological polar surface area (TPSA) is 54.1 Å². The molecule has 0 spiro atoms. The number of aromatic nitrogens is 2. The fourth-order valence-corrected chi connectivity index (χ4v) is 2.12. The molecule has 0 amide bonds. The molecule has 5 nitrogen and oxygen atoms in total. The van der Waals surface area contributed by atoms with Crippen molar-refractivity contribution < 1.29 is 4.74 Å². The van der Waals surface area contributed by atoms with Gasteiger partial charge in [-0.1, -0.05) is 0 Å². The summed E-state index contributed by atoms with van der Waals surface area (Å²) in [7, 11) is 0. The largest absolute Gasteiger partial charge is 0.378 e. The lowest BCUT2D eigenvalue weighted by Gasteiger charge is -2.29. The molecule has 1 fully saturated rings. The average Bonchev–Trinajstić information content (AvgIpc) is 2.78. The first-order chi connectivity index (χ1) is 8.40. The van der Waals surface area contributed by atoms with Gasteiger partial charge in [0.2, 0.25) is 0 Å². The van der Waals surface area contributed by atoms with Crippen LogP contribution in [0.4, 0.5) is 0 Å². The van der Waals surface area contributed by atoms with E-state index in [0.717, 1.165) is 24.1 Å². The molecule has 86 valence electrons. The number of hydrogen-bond donors (Lipinski definition) is 0. The summed E-state index contributed by atoms with van der Waals surface area (Å²) in [6.07, 6.45) is 3.60. The van der Waals surface area contributed by atoms with Gasteiger partial charge in [0, 0.05) is 17.8 Å². The lowest BCUT2D eigenvalue weighted by Crippen LogP contribution is -2.43. The maximum atomic E-state index is 9.11. The molecule has 0 aromatic carbocycles. The lowest BCUT2D eigenvalue weighted by atomic mass is 10.2. The maximum absolute atomic E-state index is 9.11. The van der Waals surface area contributed by atoms with Crippen molar-refractivity contribution in [1.82, 2.24) is 9.66 Å². The Labute approximate surface area is 98.8 Å². The van der Waals surface area contributed by atoms with Crippen LogP contribution in [0, 0.1) is 11.3 Å². The highest BCUT2D eigenvalue weighted by molar-refractivity contribution is 5.83. The predicted molar refractivity (Wildman–Crippen MR) is 63.2 cm³/mol. The van der Waals surface area contributed by atoms with E-state index in [1.54, 1.807) is 6.20 Å². The summed E-state index contributed by atoms with van der Waals surface area (Å²) in [4.78, 5) is 4.35. The van der Waals surface area contributed by atoms with Crippen molar-refractivity contribution in [2.45, 2.75) is 0 Å². The third-order valence-electron chi connectivity index (χ3n) is 2.96. The molecule has 3 heterocycles. The van der Waals surface area contributed by atoms with Gasteiger partial charge in [0.25, 0.3) is 0 Å². The van der Waals surface area contributed by atoms with E-state index in [4.69, 9.17) is 10.00 Å². The number of rotatable bonds is 1. The van der Waals surface area contributed by atoms with Gasteiger partial charge < -0.3 is 9.75 Å². The smallest absolute Gasteiger partial charge is 0.159 e. The SMILES string of the molecule is N#Cc1cn(N2CCOCC2)c2ncccc12. The van der Waals surface area contributed by atoms with Gasteiger partial charge >= 0.3 is 0 Å². The fourth-order valence-electron chi connectivity index (χ4n) is 2.12. The molecule has 17 heavy (non-hydrogen) atoms. The van der Waals surface area contributed by atoms with Gasteiger partial charge in [-0.25, -0.2) is 9.66 Å². The van der Waals surface area contributed by atoms with Gasteiger partial charge in [-0.2, -0.15) is 5.26 Å². The van der Waals surface area contributed by atoms with Crippen LogP contribution in [-0.4, -0.2) is 36.0 Å². The van der Waals surface area contributed by atoms with Gasteiger partial charge in [-0.05, 0) is 12.1 Å². The minimum atomic E-state index is 0.666. The van der Waals surface area contributed by atoms with E-state index in [0.29, 0.717) is 18.8 Å². The van der Waals surface area contributed by atoms with Crippen LogP contribution in [0.5, 0.6) is 0 Å². The summed E-state index contributed by atoms with van der Waals surface area (Å²) in [5.41, 5.74) is 1.51. The maximum Gasteiger partial charge on any atom is 0.159 e. The molecule has 0 N–H and O–H groups in total. The molecule has 1 aliphatic rings. The van der Waals surface area contributed by atoms with Gasteiger partial charge in [0.15, 0.2) is 5.65 Å². The van der Waals surface area contributed by atoms with Crippen LogP contribution in [0.1, 0.15) is 5.56 Å². The molecule has 2 aromatic rings. The third-order valence-corrected chi connectivity index (χ3v) is 2.96. The molecular formula is C12H12N4O. The Morgan fingerprint density at radius 2 is 2.18 bits per heavy atom. The number of nitriles is 1. The quantitative estimate of drug-likeness (QED) is 0.727. The number of morpholine rings is 1. The molecule has 0 saturated carbocycles. The summed E-state index contributed by atoms with van der Waals surface area (Å²) in [6, 6.07) is 5.99. The molecule has 2 aromatic heterocycles. The third kappa shape index (κ3) is 1.63. The van der Waals surface area contributed by atoms with Crippen molar-refractivity contribution in [3.63, 3.8) is 0 Å². The van der Waals surface area contributed by atoms with E-state index < -0.39 is 0 Å². The Morgan fingerprint density at radius 3 is 2.94 bits per heavy atom. The molecular weight excluding hydrogens is 216 g/mol. The Kier molecular flexibility index (Phi) is 2.42. The van der Waals surface area contributed by atoms with Crippen LogP contribution >= 0.6 is 0 Å². The summed E-state index contributed by atoms with van der Waals surface area (Å²) in [5, 5.41) is 12.2. The molecule has 3 rings (SSSR count). The van der Waals surface area contributed by atoms with E-state index in [9.17, 15) is 0 Å². The van der Waals surface area contributed by atoms with Crippen LogP contribution in [0.15, 0.2) is 24.5 Å². The Bertz CT molecular complexity index is 578. The molecule has 0 aliphatic carbocycles. The lowest BCUT2D eigenvalue weighted by molar-refractivity contribution is 0.112. The highest BCUT2D eigenvalue weighted by atomic mass is 16.5. The second kappa shape index (κ2) is 4.07. The fraction of sp³-hybridized carbons (Fsp3) is 0.333. The van der Waals surface area contributed by atoms with Gasteiger partial charge in [0.1, 0.15) is 6.07 Å². The predicted octanol–water partition coefficient (Wildman–Crippen LogP) is 0.876. The standard InChI is InChI=1S/C12H12N4O/c13-8-10-9-16(15-4-6-17-7-5-15)12-11(10)2-1-3-14-12/h1-3,9H,4-7H2. The molecule has 1 aliphatic heterocycles. The van der Waals surface area contributed by atoms with Crippen LogP contribution in [0.3, 0.4) is 0 Å². The van der Waals surface area contributed by atoms with Crippen LogP contribution < -0.4 is 5.01 Å². The molecule has 0 bridgehead atoms. The molecule has 0 unspecified atom stereocenters. The Hall–Kier alpha value is -2.06. The van der Waals surface area contributed by atoms with Gasteiger partial charge in [-0.15, -0.1) is 0 Å². The van der Waals surface area contributed by atoms with Crippen LogP contribution in [-0.2, 0) is 4.74 Å². The highest BCUT2D eigenvalue weighted by Gasteiger charge is 2.16. The van der Waals surface area contributed by atoms with Crippen molar-refractivity contribution in [2.24, 2.45) is 0 Å². The zero-order chi connectivity index (χ0) is 11.7. The number of nitrogens with zero attached hydrogens (tertiary/aromatic N) is 4. The minimum Gasteiger partial charge on any atom is -0.378 e. The monoisotopic (exact) mass is 228 g/mol. The zero-order valence-electron chi connectivity index (χ0n) is 9.33. The average molecular weight is 228 g/mol. The summed E-state index contributed by atoms with van der Waals surface area (Å²) >= 11 is 0. The van der Waals surface area contributed by atoms with Crippen molar-refractivity contribution in [2.75, 3.05) is 31.3 Å².